The van der Waals surface area contributed by atoms with E-state index in [1.807, 2.05) is 54.6 Å². The number of amides is 5. The number of nitrogens with one attached hydrogen (secondary N) is 3. The number of carbonyl (C=O) groups excluding carboxylic acids is 4. The number of hydrogen-bond donors (Lipinski definition) is 3. The summed E-state index contributed by atoms with van der Waals surface area (Å²) in [7, 11) is -2.33. The molecule has 1 aromatic heterocycles. The maximum atomic E-state index is 14.5. The molecule has 56 heavy (non-hydrogen) atoms. The first-order valence-electron chi connectivity index (χ1n) is 19.0. The number of ether oxygens (including phenoxy) is 3. The Labute approximate surface area is 326 Å². The molecule has 2 aromatic carbocycles. The zero-order chi connectivity index (χ0) is 39.8. The number of methoxy groups -OCH3 is 1. The Hall–Kier alpha value is -5.38. The van der Waals surface area contributed by atoms with Crippen molar-refractivity contribution in [2.45, 2.75) is 94.3 Å². The fraction of sp³-hybridized carbons (Fsp3) is 0.475. The number of aromatic nitrogens is 1. The first-order chi connectivity index (χ1) is 26.7. The van der Waals surface area contributed by atoms with Gasteiger partial charge in [-0.05, 0) is 71.4 Å². The molecule has 3 N–H and O–H groups in total. The number of allylic oxidation sites excluding steroid dienone is 1. The predicted molar refractivity (Wildman–Crippen MR) is 207 cm³/mol. The van der Waals surface area contributed by atoms with Crippen LogP contribution in [0.15, 0.2) is 66.7 Å². The number of urea groups is 1. The summed E-state index contributed by atoms with van der Waals surface area (Å²) in [5.74, 6) is -0.818. The smallest absolute Gasteiger partial charge is 0.426 e. The third kappa shape index (κ3) is 8.54. The summed E-state index contributed by atoms with van der Waals surface area (Å²) in [5, 5.41) is 4.07. The third-order valence-corrected chi connectivity index (χ3v) is 12.2. The van der Waals surface area contributed by atoms with Crippen molar-refractivity contribution in [3.05, 3.63) is 66.7 Å². The van der Waals surface area contributed by atoms with Gasteiger partial charge in [0, 0.05) is 42.0 Å². The van der Waals surface area contributed by atoms with Crippen molar-refractivity contribution < 1.29 is 41.8 Å². The minimum Gasteiger partial charge on any atom is -0.497 e. The molecule has 15 nitrogen and oxygen atoms in total. The van der Waals surface area contributed by atoms with Gasteiger partial charge in [-0.2, -0.15) is 0 Å². The average molecular weight is 789 g/mol. The maximum Gasteiger partial charge on any atom is 0.426 e. The zero-order valence-corrected chi connectivity index (χ0v) is 32.8. The first-order valence-corrected chi connectivity index (χ1v) is 20.5. The van der Waals surface area contributed by atoms with Crippen LogP contribution in [0.2, 0.25) is 0 Å². The van der Waals surface area contributed by atoms with Gasteiger partial charge in [-0.3, -0.25) is 14.3 Å². The molecular weight excluding hydrogens is 741 g/mol. The highest BCUT2D eigenvalue weighted by atomic mass is 32.2. The van der Waals surface area contributed by atoms with Crippen LogP contribution in [0.1, 0.15) is 65.7 Å². The van der Waals surface area contributed by atoms with E-state index in [4.69, 9.17) is 19.2 Å². The molecule has 3 fully saturated rings. The number of sulfonamides is 1. The highest BCUT2D eigenvalue weighted by molar-refractivity contribution is 7.91. The van der Waals surface area contributed by atoms with Crippen LogP contribution in [-0.4, -0.2) is 96.0 Å². The molecule has 5 amide bonds. The molecule has 3 heterocycles. The molecule has 298 valence electrons. The van der Waals surface area contributed by atoms with Gasteiger partial charge in [-0.1, -0.05) is 42.5 Å². The molecular formula is C40H48N6O9S. The van der Waals surface area contributed by atoms with E-state index in [1.165, 1.54) is 4.90 Å². The molecule has 3 aromatic rings. The van der Waals surface area contributed by atoms with Crippen LogP contribution in [0.3, 0.4) is 0 Å². The lowest BCUT2D eigenvalue weighted by Gasteiger charge is -2.32. The maximum absolute atomic E-state index is 14.5. The lowest BCUT2D eigenvalue weighted by Crippen LogP contribution is -2.59. The lowest BCUT2D eigenvalue weighted by molar-refractivity contribution is -0.131. The highest BCUT2D eigenvalue weighted by Crippen LogP contribution is 2.46. The second-order valence-electron chi connectivity index (χ2n) is 15.8. The van der Waals surface area contributed by atoms with Crippen molar-refractivity contribution in [2.75, 3.05) is 20.2 Å². The monoisotopic (exact) mass is 788 g/mol. The second-order valence-corrected chi connectivity index (χ2v) is 17.8. The molecule has 0 bridgehead atoms. The molecule has 0 radical (unpaired) electrons. The summed E-state index contributed by atoms with van der Waals surface area (Å²) in [4.78, 5) is 61.8. The van der Waals surface area contributed by atoms with Crippen molar-refractivity contribution in [1.82, 2.24) is 30.4 Å². The van der Waals surface area contributed by atoms with Gasteiger partial charge in [-0.25, -0.2) is 33.4 Å². The summed E-state index contributed by atoms with van der Waals surface area (Å²) >= 11 is 0. The van der Waals surface area contributed by atoms with Crippen LogP contribution in [0.4, 0.5) is 9.59 Å². The van der Waals surface area contributed by atoms with Crippen molar-refractivity contribution in [2.24, 2.45) is 5.92 Å². The average Bonchev–Trinajstić information content (AvgIpc) is 4.08. The molecule has 1 unspecified atom stereocenters. The summed E-state index contributed by atoms with van der Waals surface area (Å²) in [6.45, 7) is 5.21. The normalized spacial score (nSPS) is 24.3. The number of benzene rings is 2. The quantitative estimate of drug-likeness (QED) is 0.268. The summed E-state index contributed by atoms with van der Waals surface area (Å²) in [6.07, 6.45) is 5.06. The number of pyridine rings is 1. The van der Waals surface area contributed by atoms with Gasteiger partial charge in [0.15, 0.2) is 0 Å². The van der Waals surface area contributed by atoms with Crippen LogP contribution in [0.25, 0.3) is 22.2 Å². The van der Waals surface area contributed by atoms with E-state index in [0.29, 0.717) is 60.2 Å². The van der Waals surface area contributed by atoms with Crippen LogP contribution in [-0.2, 0) is 24.3 Å². The number of fused-ring (bicyclic) bond motifs is 3. The molecule has 4 aliphatic rings. The summed E-state index contributed by atoms with van der Waals surface area (Å²) in [6, 6.07) is 15.0. The summed E-state index contributed by atoms with van der Waals surface area (Å²) in [5.41, 5.74) is 2.33. The van der Waals surface area contributed by atoms with Gasteiger partial charge in [0.2, 0.25) is 15.9 Å². The number of hydrazine groups is 1. The number of carbonyl (C=O) groups is 4. The molecule has 0 spiro atoms. The molecule has 2 saturated carbocycles. The molecule has 4 atom stereocenters. The minimum absolute atomic E-state index is 0.0249. The van der Waals surface area contributed by atoms with Gasteiger partial charge >= 0.3 is 12.1 Å². The van der Waals surface area contributed by atoms with E-state index in [9.17, 15) is 27.6 Å². The van der Waals surface area contributed by atoms with Crippen LogP contribution in [0.5, 0.6) is 11.5 Å². The van der Waals surface area contributed by atoms with E-state index >= 15 is 0 Å². The molecule has 2 aliphatic carbocycles. The first kappa shape index (κ1) is 38.9. The fourth-order valence-corrected chi connectivity index (χ4v) is 8.57. The third-order valence-electron chi connectivity index (χ3n) is 10.3. The Balaban J connectivity index is 1.22. The standard InChI is InChI=1S/C40H48N6O9S/c1-39(2,3)55-37(49)43-46-19-11-6-5-10-14-26-23-40(26,36(48)44-56(51,52)29-16-17-29)42-35(47)33-21-28(24-45(33)38(46)50)54-34-22-31(25-12-8-7-9-13-25)41-32-20-27(53-4)15-18-30(32)34/h7-10,12-15,18,20,22,26,28-29,33H,5-6,11,16-17,19,21,23-24H2,1-4H3,(H,42,47)(H,43,49)(H,44,48)/t26-,28?,33+,40+/m1/s1. The topological polar surface area (TPSA) is 186 Å². The van der Waals surface area contributed by atoms with E-state index in [1.54, 1.807) is 40.0 Å². The number of nitrogens with zero attached hydrogens (tertiary/aromatic N) is 3. The molecule has 2 aliphatic heterocycles. The highest BCUT2D eigenvalue weighted by Gasteiger charge is 2.62. The fourth-order valence-electron chi connectivity index (χ4n) is 7.20. The number of hydrogen-bond acceptors (Lipinski definition) is 10. The Kier molecular flexibility index (Phi) is 10.6. The Morgan fingerprint density at radius 1 is 1.04 bits per heavy atom. The van der Waals surface area contributed by atoms with E-state index in [0.717, 1.165) is 10.6 Å². The largest absolute Gasteiger partial charge is 0.497 e. The van der Waals surface area contributed by atoms with E-state index < -0.39 is 68.4 Å². The zero-order valence-electron chi connectivity index (χ0n) is 31.9. The van der Waals surface area contributed by atoms with Crippen molar-refractivity contribution in [1.29, 1.82) is 0 Å². The SMILES string of the molecule is COc1ccc2c(OC3C[C@H]4C(=O)N[C@@]5(C(=O)NS(=O)(=O)C6CC6)C[C@H]5C=CCCCCN(NC(=O)OC(C)(C)C)C(=O)N4C3)cc(-c3ccccc3)nc2c1. The molecule has 7 rings (SSSR count). The minimum atomic E-state index is -3.90. The van der Waals surface area contributed by atoms with Crippen LogP contribution >= 0.6 is 0 Å². The van der Waals surface area contributed by atoms with Crippen LogP contribution < -0.4 is 24.9 Å². The van der Waals surface area contributed by atoms with Gasteiger partial charge < -0.3 is 24.4 Å². The van der Waals surface area contributed by atoms with Crippen molar-refractivity contribution >= 4 is 44.9 Å². The van der Waals surface area contributed by atoms with Gasteiger partial charge in [0.25, 0.3) is 5.91 Å². The van der Waals surface area contributed by atoms with Gasteiger partial charge in [0.05, 0.1) is 30.1 Å². The van der Waals surface area contributed by atoms with E-state index in [-0.39, 0.29) is 25.9 Å². The molecule has 1 saturated heterocycles. The lowest BCUT2D eigenvalue weighted by atomic mass is 10.1. The Morgan fingerprint density at radius 2 is 1.80 bits per heavy atom. The van der Waals surface area contributed by atoms with Gasteiger partial charge in [0.1, 0.15) is 34.8 Å². The van der Waals surface area contributed by atoms with Gasteiger partial charge in [-0.15, -0.1) is 0 Å². The molecule has 16 heteroatoms. The Morgan fingerprint density at radius 3 is 2.52 bits per heavy atom. The summed E-state index contributed by atoms with van der Waals surface area (Å²) < 4.78 is 45.5. The second kappa shape index (κ2) is 15.3. The van der Waals surface area contributed by atoms with Crippen molar-refractivity contribution in [3.8, 4) is 22.8 Å². The van der Waals surface area contributed by atoms with E-state index in [2.05, 4.69) is 15.5 Å². The number of rotatable bonds is 8. The Bertz CT molecular complexity index is 2150. The van der Waals surface area contributed by atoms with Crippen molar-refractivity contribution in [3.63, 3.8) is 0 Å². The van der Waals surface area contributed by atoms with Crippen LogP contribution in [0, 0.1) is 5.92 Å². The predicted octanol–water partition coefficient (Wildman–Crippen LogP) is 4.82.